The van der Waals surface area contributed by atoms with Crippen molar-refractivity contribution >= 4 is 11.5 Å². The number of halogens is 3. The topological polar surface area (TPSA) is 82.0 Å². The Balaban J connectivity index is 2.16. The molecule has 0 spiro atoms. The minimum absolute atomic E-state index is 0.0157. The van der Waals surface area contributed by atoms with Crippen molar-refractivity contribution in [3.8, 4) is 16.9 Å². The summed E-state index contributed by atoms with van der Waals surface area (Å²) >= 11 is 0. The van der Waals surface area contributed by atoms with Gasteiger partial charge in [-0.05, 0) is 35.7 Å². The van der Waals surface area contributed by atoms with E-state index in [1.807, 2.05) is 36.4 Å². The molecule has 0 unspecified atom stereocenters. The molecule has 0 heterocycles. The maximum atomic E-state index is 13.9. The van der Waals surface area contributed by atoms with Crippen molar-refractivity contribution < 1.29 is 33.2 Å². The van der Waals surface area contributed by atoms with Crippen molar-refractivity contribution in [1.82, 2.24) is 5.32 Å². The summed E-state index contributed by atoms with van der Waals surface area (Å²) in [5.41, 5.74) is 0.930. The second kappa shape index (κ2) is 10.6. The molecule has 0 aromatic heterocycles. The Labute approximate surface area is 195 Å². The Morgan fingerprint density at radius 3 is 2.24 bits per heavy atom. The highest BCUT2D eigenvalue weighted by atomic mass is 19.4. The summed E-state index contributed by atoms with van der Waals surface area (Å²) < 4.78 is 47.0. The molecule has 8 heteroatoms. The van der Waals surface area contributed by atoms with Gasteiger partial charge in [-0.15, -0.1) is 0 Å². The zero-order valence-corrected chi connectivity index (χ0v) is 18.8. The van der Waals surface area contributed by atoms with Gasteiger partial charge in [0, 0.05) is 29.8 Å². The lowest BCUT2D eigenvalue weighted by Crippen LogP contribution is -2.19. The van der Waals surface area contributed by atoms with Gasteiger partial charge in [0.05, 0.1) is 19.3 Å². The Morgan fingerprint density at radius 2 is 1.62 bits per heavy atom. The maximum Gasteiger partial charge on any atom is 0.417 e. The van der Waals surface area contributed by atoms with Crippen molar-refractivity contribution in [2.24, 2.45) is 0 Å². The number of alkyl halides is 3. The summed E-state index contributed by atoms with van der Waals surface area (Å²) in [5.74, 6) is -1.48. The van der Waals surface area contributed by atoms with Crippen LogP contribution in [0.2, 0.25) is 0 Å². The molecule has 0 aliphatic rings. The molecule has 0 bridgehead atoms. The third-order valence-corrected chi connectivity index (χ3v) is 5.48. The summed E-state index contributed by atoms with van der Waals surface area (Å²) in [5, 5.41) is 33.4. The van der Waals surface area contributed by atoms with Crippen molar-refractivity contribution in [2.45, 2.75) is 19.6 Å². The van der Waals surface area contributed by atoms with Gasteiger partial charge in [-0.25, -0.2) is 0 Å². The Morgan fingerprint density at radius 1 is 0.941 bits per heavy atom. The van der Waals surface area contributed by atoms with Crippen LogP contribution in [-0.2, 0) is 12.7 Å². The van der Waals surface area contributed by atoms with Gasteiger partial charge < -0.3 is 25.4 Å². The van der Waals surface area contributed by atoms with E-state index in [-0.39, 0.29) is 36.6 Å². The summed E-state index contributed by atoms with van der Waals surface area (Å²) in [4.78, 5) is 0. The molecule has 0 saturated carbocycles. The number of methoxy groups -OCH3 is 1. The zero-order valence-electron chi connectivity index (χ0n) is 18.8. The van der Waals surface area contributed by atoms with Crippen LogP contribution < -0.4 is 10.1 Å². The first-order chi connectivity index (χ1) is 16.2. The fourth-order valence-electron chi connectivity index (χ4n) is 3.76. The van der Waals surface area contributed by atoms with Gasteiger partial charge in [-0.3, -0.25) is 0 Å². The summed E-state index contributed by atoms with van der Waals surface area (Å²) in [6.07, 6.45) is -4.80. The zero-order chi connectivity index (χ0) is 24.9. The van der Waals surface area contributed by atoms with E-state index in [4.69, 9.17) is 9.84 Å². The number of hydrogen-bond acceptors (Lipinski definition) is 5. The van der Waals surface area contributed by atoms with Gasteiger partial charge in [0.2, 0.25) is 0 Å². The standard InChI is InChI=1S/C26H26F3NO4/c1-16-19(17-7-4-3-5-8-17)9-6-10-20(16)24(32)25(33)21-14-23(34-2)18(15-30-11-12-31)13-22(21)26(27,28)29/h3-10,13-14,30-33H,11-12,15H2,1-2H3/b25-24+. The van der Waals surface area contributed by atoms with E-state index < -0.39 is 28.8 Å². The molecule has 0 fully saturated rings. The second-order valence-corrected chi connectivity index (χ2v) is 7.65. The van der Waals surface area contributed by atoms with Crippen molar-refractivity contribution in [3.63, 3.8) is 0 Å². The number of aliphatic hydroxyl groups is 3. The largest absolute Gasteiger partial charge is 0.504 e. The summed E-state index contributed by atoms with van der Waals surface area (Å²) in [6, 6.07) is 16.3. The van der Waals surface area contributed by atoms with Crippen molar-refractivity contribution in [3.05, 3.63) is 88.5 Å². The first kappa shape index (κ1) is 25.1. The van der Waals surface area contributed by atoms with Crippen LogP contribution in [0.4, 0.5) is 13.2 Å². The molecule has 0 aliphatic heterocycles. The number of hydrogen-bond donors (Lipinski definition) is 4. The van der Waals surface area contributed by atoms with Crippen LogP contribution in [0.1, 0.15) is 27.8 Å². The van der Waals surface area contributed by atoms with Gasteiger partial charge in [0.1, 0.15) is 5.75 Å². The van der Waals surface area contributed by atoms with Crippen LogP contribution >= 0.6 is 0 Å². The molecule has 0 saturated heterocycles. The predicted molar refractivity (Wildman–Crippen MR) is 125 cm³/mol. The van der Waals surface area contributed by atoms with Gasteiger partial charge >= 0.3 is 6.18 Å². The molecule has 0 atom stereocenters. The van der Waals surface area contributed by atoms with E-state index in [0.29, 0.717) is 5.56 Å². The molecule has 4 N–H and O–H groups in total. The minimum atomic E-state index is -4.80. The molecular formula is C26H26F3NO4. The average Bonchev–Trinajstić information content (AvgIpc) is 2.83. The van der Waals surface area contributed by atoms with E-state index in [9.17, 15) is 23.4 Å². The van der Waals surface area contributed by atoms with E-state index in [1.54, 1.807) is 13.0 Å². The predicted octanol–water partition coefficient (Wildman–Crippen LogP) is 5.71. The average molecular weight is 473 g/mol. The highest BCUT2D eigenvalue weighted by molar-refractivity contribution is 5.87. The van der Waals surface area contributed by atoms with Crippen molar-refractivity contribution in [2.75, 3.05) is 20.3 Å². The third kappa shape index (κ3) is 5.35. The van der Waals surface area contributed by atoms with Crippen LogP contribution in [0.25, 0.3) is 22.6 Å². The van der Waals surface area contributed by atoms with E-state index in [1.165, 1.54) is 13.2 Å². The molecule has 34 heavy (non-hydrogen) atoms. The minimum Gasteiger partial charge on any atom is -0.504 e. The molecule has 0 amide bonds. The first-order valence-corrected chi connectivity index (χ1v) is 10.6. The molecule has 3 aromatic rings. The normalized spacial score (nSPS) is 12.4. The Kier molecular flexibility index (Phi) is 7.86. The Hall–Kier alpha value is -3.49. The fourth-order valence-corrected chi connectivity index (χ4v) is 3.76. The van der Waals surface area contributed by atoms with E-state index in [0.717, 1.165) is 23.3 Å². The summed E-state index contributed by atoms with van der Waals surface area (Å²) in [6.45, 7) is 1.75. The number of nitrogens with one attached hydrogen (secondary N) is 1. The number of aliphatic hydroxyl groups excluding tert-OH is 3. The van der Waals surface area contributed by atoms with Crippen molar-refractivity contribution in [1.29, 1.82) is 0 Å². The number of ether oxygens (including phenoxy) is 1. The van der Waals surface area contributed by atoms with Crippen LogP contribution in [0.5, 0.6) is 5.75 Å². The quantitative estimate of drug-likeness (QED) is 0.191. The molecule has 180 valence electrons. The van der Waals surface area contributed by atoms with Gasteiger partial charge in [0.15, 0.2) is 11.5 Å². The third-order valence-electron chi connectivity index (χ3n) is 5.48. The highest BCUT2D eigenvalue weighted by Gasteiger charge is 2.36. The van der Waals surface area contributed by atoms with Gasteiger partial charge in [-0.1, -0.05) is 48.5 Å². The first-order valence-electron chi connectivity index (χ1n) is 10.6. The molecular weight excluding hydrogens is 447 g/mol. The molecule has 5 nitrogen and oxygen atoms in total. The summed E-state index contributed by atoms with van der Waals surface area (Å²) in [7, 11) is 1.30. The lowest BCUT2D eigenvalue weighted by Gasteiger charge is -2.19. The fraction of sp³-hybridized carbons (Fsp3) is 0.231. The molecule has 0 radical (unpaired) electrons. The van der Waals surface area contributed by atoms with Crippen LogP contribution in [0.15, 0.2) is 60.7 Å². The number of benzene rings is 3. The monoisotopic (exact) mass is 473 g/mol. The van der Waals surface area contributed by atoms with Crippen LogP contribution in [0.3, 0.4) is 0 Å². The lowest BCUT2D eigenvalue weighted by molar-refractivity contribution is -0.138. The van der Waals surface area contributed by atoms with Crippen LogP contribution in [-0.4, -0.2) is 35.6 Å². The second-order valence-electron chi connectivity index (χ2n) is 7.65. The van der Waals surface area contributed by atoms with Gasteiger partial charge in [-0.2, -0.15) is 13.2 Å². The SMILES string of the molecule is COc1cc(/C(O)=C(\O)c2cccc(-c3ccccc3)c2C)c(C(F)(F)F)cc1CNCCO. The van der Waals surface area contributed by atoms with E-state index >= 15 is 0 Å². The lowest BCUT2D eigenvalue weighted by atomic mass is 9.93. The Bertz CT molecular complexity index is 1170. The number of rotatable bonds is 8. The van der Waals surface area contributed by atoms with Gasteiger partial charge in [0.25, 0.3) is 0 Å². The molecule has 3 aromatic carbocycles. The highest BCUT2D eigenvalue weighted by Crippen LogP contribution is 2.40. The van der Waals surface area contributed by atoms with E-state index in [2.05, 4.69) is 5.32 Å². The maximum absolute atomic E-state index is 13.9. The molecule has 3 rings (SSSR count). The smallest absolute Gasteiger partial charge is 0.417 e. The molecule has 0 aliphatic carbocycles. The van der Waals surface area contributed by atoms with Crippen LogP contribution in [0, 0.1) is 6.92 Å².